The smallest absolute Gasteiger partial charge is 0.449 e. The van der Waals surface area contributed by atoms with Gasteiger partial charge in [0.15, 0.2) is 0 Å². The molecule has 66 valence electrons. The maximum Gasteiger partial charge on any atom is 0.514 e. The topological polar surface area (TPSA) is 83.9 Å². The Bertz CT molecular complexity index is 236. The highest BCUT2D eigenvalue weighted by Gasteiger charge is 2.28. The highest BCUT2D eigenvalue weighted by molar-refractivity contribution is 5.96. The normalized spacial score (nSPS) is 16.3. The fourth-order valence-corrected chi connectivity index (χ4v) is 0.971. The largest absolute Gasteiger partial charge is 0.514 e. The van der Waals surface area contributed by atoms with E-state index in [0.29, 0.717) is 6.42 Å². The van der Waals surface area contributed by atoms with Crippen LogP contribution in [0.4, 0.5) is 9.59 Å². The first kappa shape index (κ1) is 8.51. The van der Waals surface area contributed by atoms with Crippen LogP contribution in [0.15, 0.2) is 0 Å². The maximum absolute atomic E-state index is 10.8. The minimum Gasteiger partial charge on any atom is -0.449 e. The summed E-state index contributed by atoms with van der Waals surface area (Å²) >= 11 is 0. The molecule has 1 N–H and O–H groups in total. The van der Waals surface area contributed by atoms with E-state index in [-0.39, 0.29) is 18.9 Å². The summed E-state index contributed by atoms with van der Waals surface area (Å²) < 4.78 is 3.79. The maximum atomic E-state index is 10.8. The van der Waals surface area contributed by atoms with E-state index in [9.17, 15) is 14.4 Å². The number of imide groups is 1. The highest BCUT2D eigenvalue weighted by Crippen LogP contribution is 2.10. The van der Waals surface area contributed by atoms with E-state index >= 15 is 0 Å². The van der Waals surface area contributed by atoms with Gasteiger partial charge in [0.05, 0.1) is 0 Å². The molecule has 0 aliphatic carbocycles. The Kier molecular flexibility index (Phi) is 2.27. The van der Waals surface area contributed by atoms with Crippen LogP contribution in [0.25, 0.3) is 0 Å². The zero-order valence-corrected chi connectivity index (χ0v) is 6.15. The Morgan fingerprint density at radius 2 is 2.17 bits per heavy atom. The lowest BCUT2D eigenvalue weighted by Gasteiger charge is -2.09. The third-order valence-electron chi connectivity index (χ3n) is 1.47. The molecule has 0 aromatic heterocycles. The van der Waals surface area contributed by atoms with E-state index in [0.717, 1.165) is 4.90 Å². The van der Waals surface area contributed by atoms with Crippen LogP contribution < -0.4 is 0 Å². The Morgan fingerprint density at radius 1 is 1.50 bits per heavy atom. The van der Waals surface area contributed by atoms with Gasteiger partial charge in [0.25, 0.3) is 0 Å². The predicted molar refractivity (Wildman–Crippen MR) is 35.5 cm³/mol. The van der Waals surface area contributed by atoms with Crippen molar-refractivity contribution >= 4 is 18.2 Å². The molecular formula is C6H7NO5. The second-order valence-corrected chi connectivity index (χ2v) is 2.28. The summed E-state index contributed by atoms with van der Waals surface area (Å²) in [6, 6.07) is 0. The number of ether oxygens (including phenoxy) is 1. The van der Waals surface area contributed by atoms with Crippen molar-refractivity contribution in [2.24, 2.45) is 0 Å². The van der Waals surface area contributed by atoms with E-state index in [2.05, 4.69) is 4.74 Å². The summed E-state index contributed by atoms with van der Waals surface area (Å²) in [5.41, 5.74) is 0. The number of carbonyl (C=O) groups excluding carboxylic acids is 2. The molecule has 12 heavy (non-hydrogen) atoms. The number of nitrogens with zero attached hydrogens (tertiary/aromatic N) is 1. The summed E-state index contributed by atoms with van der Waals surface area (Å²) in [6.45, 7) is 0.241. The van der Waals surface area contributed by atoms with E-state index in [4.69, 9.17) is 5.11 Å². The van der Waals surface area contributed by atoms with Crippen LogP contribution in [0.3, 0.4) is 0 Å². The van der Waals surface area contributed by atoms with Crippen molar-refractivity contribution in [3.05, 3.63) is 0 Å². The van der Waals surface area contributed by atoms with Gasteiger partial charge >= 0.3 is 12.2 Å². The van der Waals surface area contributed by atoms with Gasteiger partial charge in [-0.15, -0.1) is 0 Å². The quantitative estimate of drug-likeness (QED) is 0.424. The van der Waals surface area contributed by atoms with Crippen LogP contribution in [0.2, 0.25) is 0 Å². The highest BCUT2D eigenvalue weighted by atomic mass is 16.7. The van der Waals surface area contributed by atoms with Crippen LogP contribution in [0.1, 0.15) is 12.8 Å². The van der Waals surface area contributed by atoms with Gasteiger partial charge in [0.1, 0.15) is 0 Å². The third kappa shape index (κ3) is 1.71. The Hall–Kier alpha value is -1.59. The van der Waals surface area contributed by atoms with E-state index < -0.39 is 12.2 Å². The van der Waals surface area contributed by atoms with Gasteiger partial charge in [-0.1, -0.05) is 0 Å². The minimum atomic E-state index is -1.69. The molecule has 0 aromatic carbocycles. The van der Waals surface area contributed by atoms with E-state index in [1.165, 1.54) is 0 Å². The molecule has 0 saturated carbocycles. The fourth-order valence-electron chi connectivity index (χ4n) is 0.971. The molecule has 2 amide bonds. The monoisotopic (exact) mass is 173 g/mol. The van der Waals surface area contributed by atoms with Crippen LogP contribution in [-0.2, 0) is 9.53 Å². The number of hydrogen-bond acceptors (Lipinski definition) is 4. The zero-order chi connectivity index (χ0) is 9.14. The van der Waals surface area contributed by atoms with Gasteiger partial charge in [-0.05, 0) is 6.42 Å². The van der Waals surface area contributed by atoms with Crippen LogP contribution in [-0.4, -0.2) is 34.7 Å². The van der Waals surface area contributed by atoms with Crippen molar-refractivity contribution in [2.75, 3.05) is 6.54 Å². The first-order valence-corrected chi connectivity index (χ1v) is 3.36. The van der Waals surface area contributed by atoms with Gasteiger partial charge in [0, 0.05) is 13.0 Å². The summed E-state index contributed by atoms with van der Waals surface area (Å²) in [7, 11) is 0. The molecule has 0 bridgehead atoms. The van der Waals surface area contributed by atoms with Gasteiger partial charge in [-0.3, -0.25) is 4.79 Å². The molecule has 0 spiro atoms. The Labute approximate surface area is 67.7 Å². The summed E-state index contributed by atoms with van der Waals surface area (Å²) in [5, 5.41) is 8.05. The molecule has 1 aliphatic heterocycles. The van der Waals surface area contributed by atoms with Crippen LogP contribution in [0, 0.1) is 0 Å². The summed E-state index contributed by atoms with van der Waals surface area (Å²) in [5.74, 6) is -0.388. The summed E-state index contributed by atoms with van der Waals surface area (Å²) in [6.07, 6.45) is -1.97. The molecule has 0 aromatic rings. The van der Waals surface area contributed by atoms with Crippen LogP contribution >= 0.6 is 0 Å². The van der Waals surface area contributed by atoms with Gasteiger partial charge in [0.2, 0.25) is 5.91 Å². The van der Waals surface area contributed by atoms with Crippen molar-refractivity contribution in [2.45, 2.75) is 12.8 Å². The zero-order valence-electron chi connectivity index (χ0n) is 6.15. The lowest BCUT2D eigenvalue weighted by molar-refractivity contribution is -0.125. The van der Waals surface area contributed by atoms with E-state index in [1.54, 1.807) is 0 Å². The molecule has 0 atom stereocenters. The predicted octanol–water partition coefficient (Wildman–Crippen LogP) is 0.423. The number of likely N-dealkylation sites (tertiary alicyclic amines) is 1. The van der Waals surface area contributed by atoms with Crippen molar-refractivity contribution in [3.8, 4) is 0 Å². The standard InChI is InChI=1S/C6H7NO5/c8-4-2-1-3-7(4)5(9)12-6(10)11/h1-3H2,(H,10,11). The minimum absolute atomic E-state index is 0.241. The van der Waals surface area contributed by atoms with Crippen LogP contribution in [0.5, 0.6) is 0 Å². The summed E-state index contributed by atoms with van der Waals surface area (Å²) in [4.78, 5) is 32.3. The lowest BCUT2D eigenvalue weighted by atomic mass is 10.4. The SMILES string of the molecule is O=C(O)OC(=O)N1CCCC1=O. The second kappa shape index (κ2) is 3.21. The average Bonchev–Trinajstić information content (AvgIpc) is 2.33. The van der Waals surface area contributed by atoms with Crippen molar-refractivity contribution < 1.29 is 24.2 Å². The second-order valence-electron chi connectivity index (χ2n) is 2.28. The number of carboxylic acid groups (broad SMARTS) is 1. The van der Waals surface area contributed by atoms with Gasteiger partial charge in [-0.2, -0.15) is 0 Å². The molecule has 1 rings (SSSR count). The lowest BCUT2D eigenvalue weighted by Crippen LogP contribution is -2.33. The average molecular weight is 173 g/mol. The molecule has 6 nitrogen and oxygen atoms in total. The number of hydrogen-bond donors (Lipinski definition) is 1. The van der Waals surface area contributed by atoms with Gasteiger partial charge < -0.3 is 9.84 Å². The molecule has 1 fully saturated rings. The molecule has 0 radical (unpaired) electrons. The van der Waals surface area contributed by atoms with E-state index in [1.807, 2.05) is 0 Å². The van der Waals surface area contributed by atoms with Crippen molar-refractivity contribution in [1.82, 2.24) is 4.90 Å². The Balaban J connectivity index is 2.52. The first-order valence-electron chi connectivity index (χ1n) is 3.36. The fraction of sp³-hybridized carbons (Fsp3) is 0.500. The molecule has 0 unspecified atom stereocenters. The number of carbonyl (C=O) groups is 3. The Morgan fingerprint density at radius 3 is 2.58 bits per heavy atom. The first-order chi connectivity index (χ1) is 5.61. The molecule has 1 heterocycles. The molecule has 6 heteroatoms. The molecule has 1 aliphatic rings. The molecular weight excluding hydrogens is 166 g/mol. The molecule has 1 saturated heterocycles. The van der Waals surface area contributed by atoms with Gasteiger partial charge in [-0.25, -0.2) is 14.5 Å². The number of amides is 2. The van der Waals surface area contributed by atoms with Crippen molar-refractivity contribution in [3.63, 3.8) is 0 Å². The number of rotatable bonds is 0. The van der Waals surface area contributed by atoms with Crippen molar-refractivity contribution in [1.29, 1.82) is 0 Å². The third-order valence-corrected chi connectivity index (χ3v) is 1.47.